The average molecular weight is 256 g/mol. The van der Waals surface area contributed by atoms with Crippen molar-refractivity contribution in [2.75, 3.05) is 20.8 Å². The number of benzene rings is 1. The van der Waals surface area contributed by atoms with Gasteiger partial charge in [-0.15, -0.1) is 0 Å². The molecule has 0 aliphatic carbocycles. The lowest BCUT2D eigenvalue weighted by atomic mass is 10.2. The third-order valence-electron chi connectivity index (χ3n) is 2.48. The van der Waals surface area contributed by atoms with E-state index in [-0.39, 0.29) is 6.61 Å². The van der Waals surface area contributed by atoms with Crippen molar-refractivity contribution < 1.29 is 24.4 Å². The van der Waals surface area contributed by atoms with Crippen molar-refractivity contribution in [1.29, 1.82) is 0 Å². The summed E-state index contributed by atoms with van der Waals surface area (Å²) < 4.78 is 16.0. The maximum Gasteiger partial charge on any atom is 0.203 e. The van der Waals surface area contributed by atoms with Gasteiger partial charge in [-0.1, -0.05) is 0 Å². The molecule has 0 saturated carbocycles. The van der Waals surface area contributed by atoms with E-state index in [0.717, 1.165) is 0 Å². The Bertz CT molecular complexity index is 351. The molecular formula is C13H20O5. The molecule has 5 heteroatoms. The third kappa shape index (κ3) is 3.78. The fourth-order valence-electron chi connectivity index (χ4n) is 1.50. The van der Waals surface area contributed by atoms with Gasteiger partial charge in [-0.2, -0.15) is 0 Å². The number of aliphatic hydroxyl groups is 2. The molecule has 0 bridgehead atoms. The SMILES string of the molecule is COc1cc(CO)cc(OC)c1OCCC(C)O. The van der Waals surface area contributed by atoms with Crippen molar-refractivity contribution in [3.05, 3.63) is 17.7 Å². The Morgan fingerprint density at radius 3 is 2.11 bits per heavy atom. The lowest BCUT2D eigenvalue weighted by Gasteiger charge is -2.16. The van der Waals surface area contributed by atoms with Gasteiger partial charge in [0, 0.05) is 6.42 Å². The van der Waals surface area contributed by atoms with Gasteiger partial charge < -0.3 is 24.4 Å². The number of hydrogen-bond acceptors (Lipinski definition) is 5. The third-order valence-corrected chi connectivity index (χ3v) is 2.48. The van der Waals surface area contributed by atoms with E-state index < -0.39 is 6.10 Å². The van der Waals surface area contributed by atoms with Crippen LogP contribution in [0.5, 0.6) is 17.2 Å². The smallest absolute Gasteiger partial charge is 0.203 e. The first-order valence-electron chi connectivity index (χ1n) is 5.79. The first-order chi connectivity index (χ1) is 8.62. The highest BCUT2D eigenvalue weighted by molar-refractivity contribution is 5.53. The molecule has 0 spiro atoms. The summed E-state index contributed by atoms with van der Waals surface area (Å²) in [5.41, 5.74) is 0.687. The predicted molar refractivity (Wildman–Crippen MR) is 67.3 cm³/mol. The Kier molecular flexibility index (Phi) is 5.74. The Morgan fingerprint density at radius 1 is 1.17 bits per heavy atom. The van der Waals surface area contributed by atoms with E-state index in [9.17, 15) is 5.11 Å². The molecule has 2 N–H and O–H groups in total. The molecule has 1 aromatic rings. The van der Waals surface area contributed by atoms with Gasteiger partial charge in [-0.05, 0) is 24.6 Å². The van der Waals surface area contributed by atoms with Gasteiger partial charge in [0.15, 0.2) is 11.5 Å². The van der Waals surface area contributed by atoms with Gasteiger partial charge in [0.25, 0.3) is 0 Å². The molecule has 0 fully saturated rings. The second kappa shape index (κ2) is 7.08. The summed E-state index contributed by atoms with van der Waals surface area (Å²) in [5.74, 6) is 1.49. The Balaban J connectivity index is 2.92. The zero-order valence-electron chi connectivity index (χ0n) is 11.0. The predicted octanol–water partition coefficient (Wildman–Crippen LogP) is 1.35. The number of rotatable bonds is 7. The van der Waals surface area contributed by atoms with Gasteiger partial charge in [-0.3, -0.25) is 0 Å². The maximum atomic E-state index is 9.19. The Morgan fingerprint density at radius 2 is 1.72 bits per heavy atom. The van der Waals surface area contributed by atoms with Crippen molar-refractivity contribution in [3.63, 3.8) is 0 Å². The number of aliphatic hydroxyl groups excluding tert-OH is 2. The van der Waals surface area contributed by atoms with Crippen LogP contribution in [0.1, 0.15) is 18.9 Å². The fraction of sp³-hybridized carbons (Fsp3) is 0.538. The van der Waals surface area contributed by atoms with Crippen molar-refractivity contribution >= 4 is 0 Å². The second-order valence-corrected chi connectivity index (χ2v) is 3.97. The first-order valence-corrected chi connectivity index (χ1v) is 5.79. The molecule has 102 valence electrons. The minimum absolute atomic E-state index is 0.0966. The average Bonchev–Trinajstić information content (AvgIpc) is 2.37. The summed E-state index contributed by atoms with van der Waals surface area (Å²) in [4.78, 5) is 0. The molecular weight excluding hydrogens is 236 g/mol. The van der Waals surface area contributed by atoms with Gasteiger partial charge in [-0.25, -0.2) is 0 Å². The summed E-state index contributed by atoms with van der Waals surface area (Å²) in [6.07, 6.45) is 0.104. The molecule has 0 aliphatic heterocycles. The summed E-state index contributed by atoms with van der Waals surface area (Å²) in [5, 5.41) is 18.3. The van der Waals surface area contributed by atoms with E-state index in [1.807, 2.05) is 0 Å². The van der Waals surface area contributed by atoms with Crippen LogP contribution in [0.2, 0.25) is 0 Å². The van der Waals surface area contributed by atoms with Crippen LogP contribution in [0.4, 0.5) is 0 Å². The zero-order chi connectivity index (χ0) is 13.5. The normalized spacial score (nSPS) is 12.1. The Labute approximate surface area is 107 Å². The molecule has 0 aromatic heterocycles. The molecule has 1 rings (SSSR count). The topological polar surface area (TPSA) is 68.2 Å². The molecule has 1 unspecified atom stereocenters. The highest BCUT2D eigenvalue weighted by Crippen LogP contribution is 2.38. The molecule has 0 amide bonds. The van der Waals surface area contributed by atoms with Crippen molar-refractivity contribution in [2.45, 2.75) is 26.1 Å². The minimum Gasteiger partial charge on any atom is -0.493 e. The van der Waals surface area contributed by atoms with Gasteiger partial charge in [0.2, 0.25) is 5.75 Å². The fourth-order valence-corrected chi connectivity index (χ4v) is 1.50. The van der Waals surface area contributed by atoms with Crippen LogP contribution >= 0.6 is 0 Å². The lowest BCUT2D eigenvalue weighted by Crippen LogP contribution is -2.09. The zero-order valence-corrected chi connectivity index (χ0v) is 11.0. The van der Waals surface area contributed by atoms with Crippen molar-refractivity contribution in [3.8, 4) is 17.2 Å². The van der Waals surface area contributed by atoms with E-state index in [1.54, 1.807) is 19.1 Å². The Hall–Kier alpha value is -1.46. The first kappa shape index (κ1) is 14.6. The van der Waals surface area contributed by atoms with Crippen molar-refractivity contribution in [1.82, 2.24) is 0 Å². The quantitative estimate of drug-likeness (QED) is 0.770. The molecule has 0 aliphatic rings. The monoisotopic (exact) mass is 256 g/mol. The standard InChI is InChI=1S/C13H20O5/c1-9(15)4-5-18-13-11(16-2)6-10(8-14)7-12(13)17-3/h6-7,9,14-15H,4-5,8H2,1-3H3. The van der Waals surface area contributed by atoms with E-state index in [4.69, 9.17) is 19.3 Å². The maximum absolute atomic E-state index is 9.19. The largest absolute Gasteiger partial charge is 0.493 e. The van der Waals surface area contributed by atoms with E-state index in [1.165, 1.54) is 14.2 Å². The summed E-state index contributed by atoms with van der Waals surface area (Å²) in [7, 11) is 3.05. The molecule has 18 heavy (non-hydrogen) atoms. The van der Waals surface area contributed by atoms with Gasteiger partial charge >= 0.3 is 0 Å². The molecule has 5 nitrogen and oxygen atoms in total. The highest BCUT2D eigenvalue weighted by Gasteiger charge is 2.14. The number of methoxy groups -OCH3 is 2. The minimum atomic E-state index is -0.418. The van der Waals surface area contributed by atoms with E-state index in [2.05, 4.69) is 0 Å². The molecule has 0 radical (unpaired) electrons. The molecule has 0 heterocycles. The van der Waals surface area contributed by atoms with Crippen LogP contribution in [0.25, 0.3) is 0 Å². The van der Waals surface area contributed by atoms with Crippen LogP contribution in [0, 0.1) is 0 Å². The second-order valence-electron chi connectivity index (χ2n) is 3.97. The number of hydrogen-bond donors (Lipinski definition) is 2. The van der Waals surface area contributed by atoms with E-state index in [0.29, 0.717) is 35.8 Å². The van der Waals surface area contributed by atoms with Crippen LogP contribution in [-0.4, -0.2) is 37.1 Å². The summed E-state index contributed by atoms with van der Waals surface area (Å²) in [6.45, 7) is 1.97. The number of ether oxygens (including phenoxy) is 3. The lowest BCUT2D eigenvalue weighted by molar-refractivity contribution is 0.152. The van der Waals surface area contributed by atoms with Crippen LogP contribution in [0.3, 0.4) is 0 Å². The molecule has 1 atom stereocenters. The van der Waals surface area contributed by atoms with Gasteiger partial charge in [0.1, 0.15) is 0 Å². The van der Waals surface area contributed by atoms with Crippen molar-refractivity contribution in [2.24, 2.45) is 0 Å². The van der Waals surface area contributed by atoms with Crippen LogP contribution in [-0.2, 0) is 6.61 Å². The molecule has 1 aromatic carbocycles. The van der Waals surface area contributed by atoms with Crippen LogP contribution < -0.4 is 14.2 Å². The summed E-state index contributed by atoms with van der Waals surface area (Å²) in [6, 6.07) is 3.39. The summed E-state index contributed by atoms with van der Waals surface area (Å²) >= 11 is 0. The molecule has 0 saturated heterocycles. The van der Waals surface area contributed by atoms with Gasteiger partial charge in [0.05, 0.1) is 33.5 Å². The highest BCUT2D eigenvalue weighted by atomic mass is 16.5. The van der Waals surface area contributed by atoms with E-state index >= 15 is 0 Å². The van der Waals surface area contributed by atoms with Crippen LogP contribution in [0.15, 0.2) is 12.1 Å².